The Labute approximate surface area is 122 Å². The third-order valence-corrected chi connectivity index (χ3v) is 4.70. The van der Waals surface area contributed by atoms with E-state index >= 15 is 0 Å². The first-order valence-electron chi connectivity index (χ1n) is 7.59. The Kier molecular flexibility index (Phi) is 4.84. The van der Waals surface area contributed by atoms with Gasteiger partial charge in [-0.2, -0.15) is 0 Å². The van der Waals surface area contributed by atoms with Gasteiger partial charge in [-0.15, -0.1) is 0 Å². The highest BCUT2D eigenvalue weighted by atomic mass is 16.5. The topological polar surface area (TPSA) is 57.1 Å². The molecule has 4 N–H and O–H groups in total. The molecule has 2 rings (SSSR count). The predicted octanol–water partition coefficient (Wildman–Crippen LogP) is 1.65. The standard InChI is InChI=1S/C17H27NO2/c1-16(2)13-17(8-9-20-16,15(11-18)12-19)10-14-6-4-3-5-7-14/h3-7,15,19H,8-13,18H2,1-2H3/p+1/t15-,17+/m1/s1. The summed E-state index contributed by atoms with van der Waals surface area (Å²) in [5.41, 5.74) is 5.39. The van der Waals surface area contributed by atoms with E-state index in [4.69, 9.17) is 4.74 Å². The van der Waals surface area contributed by atoms with Crippen molar-refractivity contribution in [1.82, 2.24) is 0 Å². The Morgan fingerprint density at radius 1 is 1.30 bits per heavy atom. The fourth-order valence-electron chi connectivity index (χ4n) is 3.76. The van der Waals surface area contributed by atoms with Gasteiger partial charge in [-0.1, -0.05) is 30.3 Å². The first kappa shape index (κ1) is 15.5. The van der Waals surface area contributed by atoms with E-state index in [0.29, 0.717) is 0 Å². The van der Waals surface area contributed by atoms with Gasteiger partial charge in [0.1, 0.15) is 0 Å². The van der Waals surface area contributed by atoms with Crippen LogP contribution in [0.1, 0.15) is 32.3 Å². The number of hydrogen-bond donors (Lipinski definition) is 2. The van der Waals surface area contributed by atoms with Crippen molar-refractivity contribution >= 4 is 0 Å². The minimum Gasteiger partial charge on any atom is -0.396 e. The van der Waals surface area contributed by atoms with E-state index in [9.17, 15) is 5.11 Å². The summed E-state index contributed by atoms with van der Waals surface area (Å²) >= 11 is 0. The SMILES string of the molecule is CC1(C)C[C@](Cc2ccccc2)([C@H](C[NH3+])CO)CCO1. The highest BCUT2D eigenvalue weighted by molar-refractivity contribution is 5.18. The van der Waals surface area contributed by atoms with Crippen molar-refractivity contribution < 1.29 is 15.6 Å². The maximum Gasteiger partial charge on any atom is 0.0796 e. The predicted molar refractivity (Wildman–Crippen MR) is 80.2 cm³/mol. The van der Waals surface area contributed by atoms with Crippen molar-refractivity contribution in [2.24, 2.45) is 11.3 Å². The molecular weight excluding hydrogens is 250 g/mol. The molecule has 0 unspecified atom stereocenters. The lowest BCUT2D eigenvalue weighted by molar-refractivity contribution is -0.389. The van der Waals surface area contributed by atoms with E-state index in [-0.39, 0.29) is 23.5 Å². The molecule has 3 heteroatoms. The summed E-state index contributed by atoms with van der Waals surface area (Å²) in [6.45, 7) is 6.08. The second kappa shape index (κ2) is 6.25. The molecule has 0 aromatic heterocycles. The fraction of sp³-hybridized carbons (Fsp3) is 0.647. The summed E-state index contributed by atoms with van der Waals surface area (Å²) < 4.78 is 5.90. The summed E-state index contributed by atoms with van der Waals surface area (Å²) in [4.78, 5) is 0. The summed E-state index contributed by atoms with van der Waals surface area (Å²) in [6.07, 6.45) is 2.99. The molecule has 0 bridgehead atoms. The summed E-state index contributed by atoms with van der Waals surface area (Å²) in [7, 11) is 0. The number of aliphatic hydroxyl groups is 1. The molecule has 0 saturated carbocycles. The third-order valence-electron chi connectivity index (χ3n) is 4.70. The lowest BCUT2D eigenvalue weighted by Gasteiger charge is -2.48. The van der Waals surface area contributed by atoms with Gasteiger partial charge in [-0.05, 0) is 44.1 Å². The molecule has 0 radical (unpaired) electrons. The molecule has 1 aromatic carbocycles. The minimum absolute atomic E-state index is 0.0968. The normalized spacial score (nSPS) is 27.2. The monoisotopic (exact) mass is 278 g/mol. The van der Waals surface area contributed by atoms with Gasteiger partial charge >= 0.3 is 0 Å². The van der Waals surface area contributed by atoms with Gasteiger partial charge in [-0.25, -0.2) is 0 Å². The van der Waals surface area contributed by atoms with Crippen LogP contribution >= 0.6 is 0 Å². The number of rotatable bonds is 5. The number of quaternary nitrogens is 1. The zero-order valence-corrected chi connectivity index (χ0v) is 12.8. The maximum atomic E-state index is 9.81. The van der Waals surface area contributed by atoms with E-state index < -0.39 is 0 Å². The van der Waals surface area contributed by atoms with Crippen molar-refractivity contribution in [2.45, 2.75) is 38.7 Å². The van der Waals surface area contributed by atoms with E-state index in [0.717, 1.165) is 32.4 Å². The van der Waals surface area contributed by atoms with Crippen molar-refractivity contribution in [3.63, 3.8) is 0 Å². The van der Waals surface area contributed by atoms with Crippen molar-refractivity contribution in [2.75, 3.05) is 19.8 Å². The Balaban J connectivity index is 2.28. The highest BCUT2D eigenvalue weighted by Crippen LogP contribution is 2.46. The number of benzene rings is 1. The molecule has 1 aliphatic rings. The lowest BCUT2D eigenvalue weighted by Crippen LogP contribution is -2.60. The van der Waals surface area contributed by atoms with Gasteiger partial charge in [0.15, 0.2) is 0 Å². The quantitative estimate of drug-likeness (QED) is 0.860. The van der Waals surface area contributed by atoms with Crippen LogP contribution in [0.3, 0.4) is 0 Å². The fourth-order valence-corrected chi connectivity index (χ4v) is 3.76. The zero-order chi connectivity index (χ0) is 14.6. The van der Waals surface area contributed by atoms with Gasteiger partial charge in [0.2, 0.25) is 0 Å². The summed E-state index contributed by atoms with van der Waals surface area (Å²) in [6, 6.07) is 10.6. The van der Waals surface area contributed by atoms with Crippen molar-refractivity contribution in [1.29, 1.82) is 0 Å². The van der Waals surface area contributed by atoms with Gasteiger partial charge in [0, 0.05) is 12.5 Å². The number of aliphatic hydroxyl groups excluding tert-OH is 1. The molecule has 20 heavy (non-hydrogen) atoms. The molecule has 2 atom stereocenters. The van der Waals surface area contributed by atoms with Gasteiger partial charge in [0.05, 0.1) is 18.8 Å². The van der Waals surface area contributed by atoms with Gasteiger partial charge in [0.25, 0.3) is 0 Å². The Morgan fingerprint density at radius 3 is 2.55 bits per heavy atom. The molecule has 3 nitrogen and oxygen atoms in total. The largest absolute Gasteiger partial charge is 0.396 e. The first-order chi connectivity index (χ1) is 9.51. The van der Waals surface area contributed by atoms with Crippen LogP contribution in [0.5, 0.6) is 0 Å². The Hall–Kier alpha value is -0.900. The van der Waals surface area contributed by atoms with Crippen LogP contribution in [-0.4, -0.2) is 30.5 Å². The average molecular weight is 278 g/mol. The molecule has 0 spiro atoms. The molecule has 1 aliphatic heterocycles. The molecular formula is C17H28NO2+. The zero-order valence-electron chi connectivity index (χ0n) is 12.8. The smallest absolute Gasteiger partial charge is 0.0796 e. The Morgan fingerprint density at radius 2 is 2.00 bits per heavy atom. The molecule has 112 valence electrons. The van der Waals surface area contributed by atoms with Crippen LogP contribution in [0.4, 0.5) is 0 Å². The molecule has 0 aliphatic carbocycles. The molecule has 1 aromatic rings. The molecule has 0 amide bonds. The summed E-state index contributed by atoms with van der Waals surface area (Å²) in [5.74, 6) is 0.242. The lowest BCUT2D eigenvalue weighted by atomic mass is 9.63. The number of hydrogen-bond acceptors (Lipinski definition) is 2. The van der Waals surface area contributed by atoms with Gasteiger partial charge in [-0.3, -0.25) is 0 Å². The second-order valence-electron chi connectivity index (χ2n) is 6.73. The second-order valence-corrected chi connectivity index (χ2v) is 6.73. The van der Waals surface area contributed by atoms with Crippen LogP contribution < -0.4 is 5.73 Å². The molecule has 1 saturated heterocycles. The highest BCUT2D eigenvalue weighted by Gasteiger charge is 2.46. The minimum atomic E-state index is -0.115. The third kappa shape index (κ3) is 3.40. The van der Waals surface area contributed by atoms with Crippen molar-refractivity contribution in [3.8, 4) is 0 Å². The average Bonchev–Trinajstić information content (AvgIpc) is 2.40. The molecule has 1 heterocycles. The van der Waals surface area contributed by atoms with Crippen LogP contribution in [0.15, 0.2) is 30.3 Å². The molecule has 1 fully saturated rings. The van der Waals surface area contributed by atoms with E-state index in [1.54, 1.807) is 0 Å². The van der Waals surface area contributed by atoms with E-state index in [1.807, 2.05) is 0 Å². The van der Waals surface area contributed by atoms with Crippen LogP contribution in [0, 0.1) is 11.3 Å². The first-order valence-corrected chi connectivity index (χ1v) is 7.59. The number of ether oxygens (including phenoxy) is 1. The van der Waals surface area contributed by atoms with Crippen molar-refractivity contribution in [3.05, 3.63) is 35.9 Å². The van der Waals surface area contributed by atoms with Crippen LogP contribution in [0.25, 0.3) is 0 Å². The van der Waals surface area contributed by atoms with E-state index in [2.05, 4.69) is 49.9 Å². The Bertz CT molecular complexity index is 414. The van der Waals surface area contributed by atoms with Gasteiger partial charge < -0.3 is 15.6 Å². The summed E-state index contributed by atoms with van der Waals surface area (Å²) in [5, 5.41) is 9.81. The van der Waals surface area contributed by atoms with Crippen LogP contribution in [-0.2, 0) is 11.2 Å². The maximum absolute atomic E-state index is 9.81. The van der Waals surface area contributed by atoms with E-state index in [1.165, 1.54) is 5.56 Å². The van der Waals surface area contributed by atoms with Crippen LogP contribution in [0.2, 0.25) is 0 Å².